The lowest BCUT2D eigenvalue weighted by atomic mass is 9.90. The minimum atomic E-state index is -3.43. The number of rotatable bonds is 1. The molecule has 1 N–H and O–H groups in total. The summed E-state index contributed by atoms with van der Waals surface area (Å²) in [6.45, 7) is -2.76. The Morgan fingerprint density at radius 1 is 1.75 bits per heavy atom. The van der Waals surface area contributed by atoms with Gasteiger partial charge in [-0.2, -0.15) is 0 Å². The second-order valence-electron chi connectivity index (χ2n) is 1.74. The van der Waals surface area contributed by atoms with Gasteiger partial charge in [-0.05, 0) is 18.2 Å². The lowest BCUT2D eigenvalue weighted by Gasteiger charge is -2.18. The van der Waals surface area contributed by atoms with Gasteiger partial charge < -0.3 is 5.11 Å². The highest BCUT2D eigenvalue weighted by Gasteiger charge is 2.26. The van der Waals surface area contributed by atoms with Gasteiger partial charge in [0.05, 0.1) is 2.74 Å². The van der Waals surface area contributed by atoms with E-state index in [1.807, 2.05) is 0 Å². The van der Waals surface area contributed by atoms with Crippen LogP contribution in [0.2, 0.25) is 0 Å². The Morgan fingerprint density at radius 3 is 2.50 bits per heavy atom. The van der Waals surface area contributed by atoms with Gasteiger partial charge in [-0.1, -0.05) is 19.7 Å². The van der Waals surface area contributed by atoms with E-state index in [0.29, 0.717) is 6.92 Å². The molecule has 48 valence electrons. The van der Waals surface area contributed by atoms with Crippen LogP contribution in [0, 0.1) is 5.41 Å². The molecule has 0 atom stereocenters. The monoisotopic (exact) mass is 124 g/mol. The van der Waals surface area contributed by atoms with E-state index in [-0.39, 0.29) is 0 Å². The van der Waals surface area contributed by atoms with Crippen LogP contribution in [-0.4, -0.2) is 11.7 Å². The van der Waals surface area contributed by atoms with Crippen molar-refractivity contribution in [3.05, 3.63) is 0 Å². The summed E-state index contributed by atoms with van der Waals surface area (Å²) in [5.74, 6) is 0. The lowest BCUT2D eigenvalue weighted by Crippen LogP contribution is -2.15. The van der Waals surface area contributed by atoms with Gasteiger partial charge in [0.1, 0.15) is 0 Å². The number of aliphatic hydroxyl groups is 1. The molecule has 0 aliphatic heterocycles. The van der Waals surface area contributed by atoms with Crippen LogP contribution in [0.1, 0.15) is 46.1 Å². The van der Waals surface area contributed by atoms with E-state index in [1.165, 1.54) is 0 Å². The second kappa shape index (κ2) is 2.06. The van der Waals surface area contributed by atoms with E-state index in [0.717, 1.165) is 0 Å². The Morgan fingerprint density at radius 2 is 2.25 bits per heavy atom. The first kappa shape index (κ1) is 1.20. The lowest BCUT2D eigenvalue weighted by molar-refractivity contribution is 0.149. The predicted molar refractivity (Wildman–Crippen MR) is 33.7 cm³/mol. The quantitative estimate of drug-likeness (QED) is 0.562. The molecule has 0 spiro atoms. The van der Waals surface area contributed by atoms with E-state index in [4.69, 9.17) is 13.7 Å². The molecular formula is C7H14O. The SMILES string of the molecule is [2H]C([2H])(O)C1(C)C([2H])([2H])C([2H])([2H])C([2H])([2H])C1([2H])[2H]. The fourth-order valence-corrected chi connectivity index (χ4v) is 0.400. The fourth-order valence-electron chi connectivity index (χ4n) is 0.400. The van der Waals surface area contributed by atoms with Crippen molar-refractivity contribution in [1.29, 1.82) is 0 Å². The summed E-state index contributed by atoms with van der Waals surface area (Å²) >= 11 is 0. The van der Waals surface area contributed by atoms with Crippen LogP contribution in [0.4, 0.5) is 0 Å². The molecule has 0 radical (unpaired) electrons. The zero-order chi connectivity index (χ0) is 15.0. The predicted octanol–water partition coefficient (Wildman–Crippen LogP) is 1.56. The molecule has 1 rings (SSSR count). The zero-order valence-electron chi connectivity index (χ0n) is 14.4. The van der Waals surface area contributed by atoms with E-state index in [1.54, 1.807) is 0 Å². The largest absolute Gasteiger partial charge is 0.396 e. The summed E-state index contributed by atoms with van der Waals surface area (Å²) in [6, 6.07) is 0. The van der Waals surface area contributed by atoms with Gasteiger partial charge in [0.25, 0.3) is 0 Å². The van der Waals surface area contributed by atoms with Crippen LogP contribution in [0.15, 0.2) is 0 Å². The van der Waals surface area contributed by atoms with Crippen molar-refractivity contribution in [3.63, 3.8) is 0 Å². The smallest absolute Gasteiger partial charge is 0.0569 e. The summed E-state index contributed by atoms with van der Waals surface area (Å²) in [7, 11) is 0. The van der Waals surface area contributed by atoms with Crippen molar-refractivity contribution in [1.82, 2.24) is 0 Å². The average molecular weight is 124 g/mol. The van der Waals surface area contributed by atoms with Gasteiger partial charge in [-0.3, -0.25) is 0 Å². The zero-order valence-corrected chi connectivity index (χ0v) is 4.45. The van der Waals surface area contributed by atoms with Gasteiger partial charge in [-0.15, -0.1) is 0 Å². The topological polar surface area (TPSA) is 20.2 Å². The summed E-state index contributed by atoms with van der Waals surface area (Å²) in [5.41, 5.74) is -2.90. The molecule has 0 bridgehead atoms. The molecule has 8 heavy (non-hydrogen) atoms. The van der Waals surface area contributed by atoms with Crippen molar-refractivity contribution in [2.24, 2.45) is 5.41 Å². The minimum Gasteiger partial charge on any atom is -0.396 e. The van der Waals surface area contributed by atoms with Gasteiger partial charge in [-0.25, -0.2) is 0 Å². The summed E-state index contributed by atoms with van der Waals surface area (Å²) in [4.78, 5) is 0. The van der Waals surface area contributed by atoms with Crippen molar-refractivity contribution in [2.45, 2.75) is 32.4 Å². The highest BCUT2D eigenvalue weighted by molar-refractivity contribution is 4.78. The van der Waals surface area contributed by atoms with Gasteiger partial charge >= 0.3 is 0 Å². The fraction of sp³-hybridized carbons (Fsp3) is 1.00. The van der Waals surface area contributed by atoms with E-state index in [9.17, 15) is 5.11 Å². The molecule has 1 fully saturated rings. The molecule has 0 saturated heterocycles. The normalized spacial score (nSPS) is 71.8. The Balaban J connectivity index is 3.75. The van der Waals surface area contributed by atoms with Gasteiger partial charge in [0, 0.05) is 17.5 Å². The van der Waals surface area contributed by atoms with Crippen molar-refractivity contribution in [2.75, 3.05) is 6.56 Å². The molecule has 1 saturated carbocycles. The third-order valence-electron chi connectivity index (χ3n) is 0.911. The van der Waals surface area contributed by atoms with Crippen LogP contribution in [-0.2, 0) is 0 Å². The summed E-state index contributed by atoms with van der Waals surface area (Å²) in [5, 5.41) is 9.43. The van der Waals surface area contributed by atoms with Gasteiger partial charge in [0.15, 0.2) is 0 Å². The summed E-state index contributed by atoms with van der Waals surface area (Å²) < 4.78 is 74.8. The Hall–Kier alpha value is -0.0400. The molecule has 1 aliphatic carbocycles. The van der Waals surface area contributed by atoms with E-state index >= 15 is 0 Å². The maximum atomic E-state index is 9.43. The second-order valence-corrected chi connectivity index (χ2v) is 1.74. The Kier molecular flexibility index (Phi) is 0.308. The molecule has 1 aliphatic rings. The Labute approximate surface area is 64.8 Å². The third-order valence-corrected chi connectivity index (χ3v) is 0.911. The van der Waals surface area contributed by atoms with E-state index < -0.39 is 37.5 Å². The van der Waals surface area contributed by atoms with Crippen LogP contribution in [0.5, 0.6) is 0 Å². The van der Waals surface area contributed by atoms with Gasteiger partial charge in [0.2, 0.25) is 0 Å². The molecule has 0 amide bonds. The Bertz CT molecular complexity index is 341. The first-order valence-electron chi connectivity index (χ1n) is 7.22. The molecule has 0 aromatic carbocycles. The number of hydrogen-bond acceptors (Lipinski definition) is 1. The first-order chi connectivity index (χ1) is 7.50. The highest BCUT2D eigenvalue weighted by Crippen LogP contribution is 2.36. The molecule has 1 nitrogen and oxygen atoms in total. The van der Waals surface area contributed by atoms with Crippen LogP contribution in [0.3, 0.4) is 0 Å². The maximum Gasteiger partial charge on any atom is 0.0569 e. The minimum absolute atomic E-state index is 0.676. The maximum absolute atomic E-state index is 9.43. The molecule has 0 heterocycles. The number of hydrogen-bond donors (Lipinski definition) is 1. The van der Waals surface area contributed by atoms with E-state index in [2.05, 4.69) is 0 Å². The standard InChI is InChI=1S/C7H14O/c1-7(6-8)4-2-3-5-7/h8H,2-6H2,1H3/i2D2,3D2,4D2,5D2,6D2. The van der Waals surface area contributed by atoms with Crippen LogP contribution in [0.25, 0.3) is 0 Å². The molecule has 0 aromatic rings. The van der Waals surface area contributed by atoms with Crippen molar-refractivity contribution >= 4 is 0 Å². The molecule has 1 heteroatoms. The molecule has 0 aromatic heterocycles. The summed E-state index contributed by atoms with van der Waals surface area (Å²) in [6.07, 6.45) is -13.1. The average Bonchev–Trinajstić information content (AvgIpc) is 2.16. The van der Waals surface area contributed by atoms with Crippen molar-refractivity contribution < 1.29 is 18.8 Å². The van der Waals surface area contributed by atoms with Crippen molar-refractivity contribution in [3.8, 4) is 0 Å². The molecule has 0 unspecified atom stereocenters. The first-order valence-corrected chi connectivity index (χ1v) is 2.22. The van der Waals surface area contributed by atoms with Crippen LogP contribution < -0.4 is 0 Å². The van der Waals surface area contributed by atoms with Crippen LogP contribution >= 0.6 is 0 Å². The third kappa shape index (κ3) is 1.03. The highest BCUT2D eigenvalue weighted by atomic mass is 16.3. The molecular weight excluding hydrogens is 100 g/mol.